The fraction of sp³-hybridized carbons (Fsp3) is 0.583. The summed E-state index contributed by atoms with van der Waals surface area (Å²) in [5.74, 6) is -1.39. The normalized spacial score (nSPS) is 13.2. The Labute approximate surface area is 110 Å². The lowest BCUT2D eigenvalue weighted by Gasteiger charge is -2.20. The maximum Gasteiger partial charge on any atom is 0.326 e. The lowest BCUT2D eigenvalue weighted by atomic mass is 9.98. The van der Waals surface area contributed by atoms with Crippen molar-refractivity contribution < 1.29 is 14.7 Å². The van der Waals surface area contributed by atoms with E-state index in [0.717, 1.165) is 5.01 Å². The number of carbonyl (C=O) groups excluding carboxylic acids is 1. The lowest BCUT2D eigenvalue weighted by Crippen LogP contribution is -2.40. The molecule has 18 heavy (non-hydrogen) atoms. The van der Waals surface area contributed by atoms with Crippen molar-refractivity contribution in [2.24, 2.45) is 0 Å². The van der Waals surface area contributed by atoms with Crippen LogP contribution in [-0.2, 0) is 10.2 Å². The Bertz CT molecular complexity index is 462. The van der Waals surface area contributed by atoms with Crippen molar-refractivity contribution in [3.05, 3.63) is 16.1 Å². The average molecular weight is 270 g/mol. The van der Waals surface area contributed by atoms with Gasteiger partial charge in [-0.25, -0.2) is 9.78 Å². The number of thiazole rings is 1. The van der Waals surface area contributed by atoms with Crippen molar-refractivity contribution in [1.29, 1.82) is 0 Å². The Morgan fingerprint density at radius 2 is 2.00 bits per heavy atom. The molecular weight excluding hydrogens is 252 g/mol. The van der Waals surface area contributed by atoms with Gasteiger partial charge in [-0.3, -0.25) is 4.79 Å². The number of aromatic nitrogens is 1. The van der Waals surface area contributed by atoms with Gasteiger partial charge >= 0.3 is 5.97 Å². The van der Waals surface area contributed by atoms with E-state index < -0.39 is 12.0 Å². The zero-order valence-corrected chi connectivity index (χ0v) is 12.0. The zero-order valence-electron chi connectivity index (χ0n) is 11.2. The van der Waals surface area contributed by atoms with Crippen molar-refractivity contribution >= 4 is 23.2 Å². The minimum atomic E-state index is -1.03. The molecule has 0 saturated carbocycles. The number of carbonyl (C=O) groups is 2. The molecule has 0 aliphatic heterocycles. The van der Waals surface area contributed by atoms with Gasteiger partial charge in [0.1, 0.15) is 11.7 Å². The summed E-state index contributed by atoms with van der Waals surface area (Å²) in [6.45, 7) is 7.52. The second kappa shape index (κ2) is 5.06. The Morgan fingerprint density at radius 3 is 2.39 bits per heavy atom. The summed E-state index contributed by atoms with van der Waals surface area (Å²) in [7, 11) is 1.47. The number of nitrogens with zero attached hydrogens (tertiary/aromatic N) is 2. The van der Waals surface area contributed by atoms with Crippen LogP contribution in [0.15, 0.2) is 5.38 Å². The summed E-state index contributed by atoms with van der Waals surface area (Å²) < 4.78 is 0. The van der Waals surface area contributed by atoms with E-state index in [1.165, 1.54) is 30.2 Å². The van der Waals surface area contributed by atoms with Gasteiger partial charge in [0.15, 0.2) is 0 Å². The number of carboxylic acids is 1. The van der Waals surface area contributed by atoms with E-state index >= 15 is 0 Å². The summed E-state index contributed by atoms with van der Waals surface area (Å²) in [4.78, 5) is 28.3. The highest BCUT2D eigenvalue weighted by Crippen LogP contribution is 2.26. The van der Waals surface area contributed by atoms with Crippen LogP contribution in [0, 0.1) is 0 Å². The molecule has 1 rings (SSSR count). The first-order chi connectivity index (χ1) is 8.14. The maximum absolute atomic E-state index is 12.0. The second-order valence-electron chi connectivity index (χ2n) is 5.22. The molecule has 1 heterocycles. The van der Waals surface area contributed by atoms with Crippen LogP contribution >= 0.6 is 11.3 Å². The fourth-order valence-corrected chi connectivity index (χ4v) is 2.12. The predicted molar refractivity (Wildman–Crippen MR) is 70.0 cm³/mol. The quantitative estimate of drug-likeness (QED) is 0.911. The predicted octanol–water partition coefficient (Wildman–Crippen LogP) is 1.99. The Kier molecular flexibility index (Phi) is 4.11. The van der Waals surface area contributed by atoms with Crippen molar-refractivity contribution in [2.75, 3.05) is 7.05 Å². The van der Waals surface area contributed by atoms with Gasteiger partial charge in [-0.15, -0.1) is 11.3 Å². The van der Waals surface area contributed by atoms with E-state index in [4.69, 9.17) is 5.11 Å². The van der Waals surface area contributed by atoms with Gasteiger partial charge in [0.05, 0.1) is 5.01 Å². The first kappa shape index (κ1) is 14.6. The van der Waals surface area contributed by atoms with Crippen LogP contribution in [0.3, 0.4) is 0 Å². The van der Waals surface area contributed by atoms with E-state index in [1.807, 2.05) is 20.8 Å². The fourth-order valence-electron chi connectivity index (χ4n) is 1.24. The van der Waals surface area contributed by atoms with E-state index in [9.17, 15) is 9.59 Å². The summed E-state index contributed by atoms with van der Waals surface area (Å²) in [5.41, 5.74) is 0.195. The molecule has 0 aromatic carbocycles. The van der Waals surface area contributed by atoms with E-state index in [-0.39, 0.29) is 11.3 Å². The molecule has 0 radical (unpaired) electrons. The van der Waals surface area contributed by atoms with Crippen LogP contribution in [-0.4, -0.2) is 40.0 Å². The van der Waals surface area contributed by atoms with Crippen LogP contribution < -0.4 is 0 Å². The van der Waals surface area contributed by atoms with Crippen molar-refractivity contribution in [2.45, 2.75) is 39.2 Å². The third-order valence-electron chi connectivity index (χ3n) is 2.62. The van der Waals surface area contributed by atoms with E-state index in [2.05, 4.69) is 4.98 Å². The first-order valence-electron chi connectivity index (χ1n) is 5.60. The van der Waals surface area contributed by atoms with Crippen molar-refractivity contribution in [3.8, 4) is 0 Å². The Hall–Kier alpha value is -1.43. The van der Waals surface area contributed by atoms with Crippen molar-refractivity contribution in [1.82, 2.24) is 9.88 Å². The highest BCUT2D eigenvalue weighted by Gasteiger charge is 2.26. The molecule has 0 aliphatic carbocycles. The van der Waals surface area contributed by atoms with Crippen LogP contribution in [0.1, 0.15) is 43.2 Å². The van der Waals surface area contributed by atoms with Gasteiger partial charge in [-0.2, -0.15) is 0 Å². The van der Waals surface area contributed by atoms with Crippen LogP contribution in [0.5, 0.6) is 0 Å². The number of hydrogen-bond acceptors (Lipinski definition) is 4. The molecule has 1 unspecified atom stereocenters. The minimum absolute atomic E-state index is 0.111. The van der Waals surface area contributed by atoms with Crippen LogP contribution in [0.2, 0.25) is 0 Å². The van der Waals surface area contributed by atoms with Gasteiger partial charge < -0.3 is 10.0 Å². The third kappa shape index (κ3) is 3.07. The largest absolute Gasteiger partial charge is 0.480 e. The summed E-state index contributed by atoms with van der Waals surface area (Å²) >= 11 is 1.42. The monoisotopic (exact) mass is 270 g/mol. The molecular formula is C12H18N2O3S. The standard InChI is InChI=1S/C12H18N2O3S/c1-7(10(16)17)14(5)9(15)8-6-18-11(13-8)12(2,3)4/h6-7H,1-5H3,(H,16,17). The number of rotatable bonds is 3. The SMILES string of the molecule is CC(C(=O)O)N(C)C(=O)c1csc(C(C)(C)C)n1. The summed E-state index contributed by atoms with van der Waals surface area (Å²) in [6, 6.07) is -0.864. The van der Waals surface area contributed by atoms with Crippen LogP contribution in [0.4, 0.5) is 0 Å². The molecule has 1 aromatic rings. The summed E-state index contributed by atoms with van der Waals surface area (Å²) in [6.07, 6.45) is 0. The van der Waals surface area contributed by atoms with Gasteiger partial charge in [0.2, 0.25) is 0 Å². The Morgan fingerprint density at radius 1 is 1.44 bits per heavy atom. The molecule has 100 valence electrons. The molecule has 0 saturated heterocycles. The van der Waals surface area contributed by atoms with Gasteiger partial charge in [-0.1, -0.05) is 20.8 Å². The van der Waals surface area contributed by atoms with E-state index in [1.54, 1.807) is 5.38 Å². The number of amides is 1. The smallest absolute Gasteiger partial charge is 0.326 e. The molecule has 0 fully saturated rings. The minimum Gasteiger partial charge on any atom is -0.480 e. The molecule has 1 N–H and O–H groups in total. The molecule has 1 atom stereocenters. The molecule has 6 heteroatoms. The highest BCUT2D eigenvalue weighted by atomic mass is 32.1. The Balaban J connectivity index is 2.92. The molecule has 0 spiro atoms. The van der Waals surface area contributed by atoms with E-state index in [0.29, 0.717) is 5.69 Å². The lowest BCUT2D eigenvalue weighted by molar-refractivity contribution is -0.141. The van der Waals surface area contributed by atoms with Crippen LogP contribution in [0.25, 0.3) is 0 Å². The molecule has 1 aromatic heterocycles. The molecule has 0 aliphatic rings. The maximum atomic E-state index is 12.0. The molecule has 5 nitrogen and oxygen atoms in total. The molecule has 1 amide bonds. The first-order valence-corrected chi connectivity index (χ1v) is 6.48. The van der Waals surface area contributed by atoms with Crippen molar-refractivity contribution in [3.63, 3.8) is 0 Å². The topological polar surface area (TPSA) is 70.5 Å². The number of aliphatic carboxylic acids is 1. The van der Waals surface area contributed by atoms with Gasteiger partial charge in [0, 0.05) is 17.8 Å². The molecule has 0 bridgehead atoms. The third-order valence-corrected chi connectivity index (χ3v) is 3.89. The highest BCUT2D eigenvalue weighted by molar-refractivity contribution is 7.10. The van der Waals surface area contributed by atoms with Gasteiger partial charge in [0.25, 0.3) is 5.91 Å². The zero-order chi connectivity index (χ0) is 14.1. The summed E-state index contributed by atoms with van der Waals surface area (Å²) in [5, 5.41) is 11.4. The van der Waals surface area contributed by atoms with Gasteiger partial charge in [-0.05, 0) is 6.92 Å². The number of likely N-dealkylation sites (N-methyl/N-ethyl adjacent to an activating group) is 1. The number of hydrogen-bond donors (Lipinski definition) is 1. The second-order valence-corrected chi connectivity index (χ2v) is 6.08. The number of carboxylic acid groups (broad SMARTS) is 1. The average Bonchev–Trinajstić information content (AvgIpc) is 2.74.